The molecule has 2 nitrogen and oxygen atoms in total. The minimum atomic E-state index is -0.469. The minimum Gasteiger partial charge on any atom is -0.384 e. The van der Waals surface area contributed by atoms with Gasteiger partial charge in [-0.25, -0.2) is 4.98 Å². The number of aromatic nitrogens is 1. The predicted molar refractivity (Wildman–Crippen MR) is 51.6 cm³/mol. The normalized spacial score (nSPS) is 42.0. The molecule has 2 fully saturated rings. The Morgan fingerprint density at radius 1 is 1.54 bits per heavy atom. The first-order valence-corrected chi connectivity index (χ1v) is 5.75. The number of aryl methyl sites for hydroxylation is 1. The number of aliphatic hydroxyl groups is 1. The zero-order valence-corrected chi connectivity index (χ0v) is 8.47. The number of fused-ring (bicyclic) bond motifs is 1. The van der Waals surface area contributed by atoms with Crippen LogP contribution in [0, 0.1) is 18.8 Å². The molecule has 2 atom stereocenters. The van der Waals surface area contributed by atoms with E-state index in [1.165, 1.54) is 19.3 Å². The number of thiazole rings is 1. The van der Waals surface area contributed by atoms with E-state index in [9.17, 15) is 5.11 Å². The lowest BCUT2D eigenvalue weighted by Gasteiger charge is -2.12. The molecule has 2 aliphatic carbocycles. The van der Waals surface area contributed by atoms with E-state index in [4.69, 9.17) is 0 Å². The first kappa shape index (κ1) is 7.94. The fourth-order valence-electron chi connectivity index (χ4n) is 2.94. The molecule has 0 spiro atoms. The van der Waals surface area contributed by atoms with Crippen LogP contribution in [0.5, 0.6) is 0 Å². The summed E-state index contributed by atoms with van der Waals surface area (Å²) in [6.07, 6.45) is 3.71. The summed E-state index contributed by atoms with van der Waals surface area (Å²) < 4.78 is 0. The van der Waals surface area contributed by atoms with Crippen LogP contribution in [0.4, 0.5) is 0 Å². The second kappa shape index (κ2) is 2.34. The van der Waals surface area contributed by atoms with E-state index in [1.807, 2.05) is 12.4 Å². The first-order valence-electron chi connectivity index (χ1n) is 4.87. The second-order valence-electron chi connectivity index (χ2n) is 4.24. The fourth-order valence-corrected chi connectivity index (χ4v) is 3.98. The Kier molecular flexibility index (Phi) is 1.43. The van der Waals surface area contributed by atoms with Crippen molar-refractivity contribution in [3.8, 4) is 0 Å². The summed E-state index contributed by atoms with van der Waals surface area (Å²) in [5, 5.41) is 10.4. The van der Waals surface area contributed by atoms with Crippen molar-refractivity contribution in [1.82, 2.24) is 4.98 Å². The molecule has 0 radical (unpaired) electrons. The lowest BCUT2D eigenvalue weighted by Crippen LogP contribution is -2.12. The van der Waals surface area contributed by atoms with E-state index < -0.39 is 5.60 Å². The summed E-state index contributed by atoms with van der Waals surface area (Å²) in [6, 6.07) is 0. The van der Waals surface area contributed by atoms with E-state index in [0.717, 1.165) is 10.6 Å². The minimum absolute atomic E-state index is 0.469. The SMILES string of the molecule is Cc1ncsc1C1(O)C2CCCC21. The highest BCUT2D eigenvalue weighted by Gasteiger charge is 2.67. The van der Waals surface area contributed by atoms with Gasteiger partial charge in [-0.05, 0) is 31.6 Å². The molecule has 0 bridgehead atoms. The van der Waals surface area contributed by atoms with Crippen molar-refractivity contribution in [2.45, 2.75) is 31.8 Å². The van der Waals surface area contributed by atoms with Gasteiger partial charge in [0.2, 0.25) is 0 Å². The molecule has 1 aromatic heterocycles. The van der Waals surface area contributed by atoms with Gasteiger partial charge in [-0.2, -0.15) is 0 Å². The highest BCUT2D eigenvalue weighted by molar-refractivity contribution is 7.10. The van der Waals surface area contributed by atoms with Crippen LogP contribution >= 0.6 is 11.3 Å². The van der Waals surface area contributed by atoms with Crippen LogP contribution in [0.25, 0.3) is 0 Å². The van der Waals surface area contributed by atoms with E-state index in [1.54, 1.807) is 11.3 Å². The van der Waals surface area contributed by atoms with Gasteiger partial charge in [0.15, 0.2) is 0 Å². The smallest absolute Gasteiger partial charge is 0.107 e. The summed E-state index contributed by atoms with van der Waals surface area (Å²) in [5.41, 5.74) is 2.40. The molecule has 2 unspecified atom stereocenters. The van der Waals surface area contributed by atoms with Crippen molar-refractivity contribution in [1.29, 1.82) is 0 Å². The molecule has 3 heteroatoms. The van der Waals surface area contributed by atoms with Gasteiger partial charge in [0, 0.05) is 0 Å². The molecule has 2 aliphatic rings. The number of hydrogen-bond acceptors (Lipinski definition) is 3. The quantitative estimate of drug-likeness (QED) is 0.744. The van der Waals surface area contributed by atoms with E-state index in [0.29, 0.717) is 11.8 Å². The molecule has 0 aromatic carbocycles. The molecule has 0 aliphatic heterocycles. The first-order chi connectivity index (χ1) is 6.24. The standard InChI is InChI=1S/C10H13NOS/c1-6-9(13-5-11-6)10(12)7-3-2-4-8(7)10/h5,7-8,12H,2-4H2,1H3. The summed E-state index contributed by atoms with van der Waals surface area (Å²) in [6.45, 7) is 2.00. The Morgan fingerprint density at radius 3 is 2.77 bits per heavy atom. The van der Waals surface area contributed by atoms with Crippen LogP contribution in [-0.2, 0) is 5.60 Å². The van der Waals surface area contributed by atoms with Gasteiger partial charge in [-0.3, -0.25) is 0 Å². The highest BCUT2D eigenvalue weighted by Crippen LogP contribution is 2.67. The molecule has 0 saturated heterocycles. The maximum atomic E-state index is 10.4. The Balaban J connectivity index is 1.99. The molecule has 13 heavy (non-hydrogen) atoms. The monoisotopic (exact) mass is 195 g/mol. The molecular weight excluding hydrogens is 182 g/mol. The topological polar surface area (TPSA) is 33.1 Å². The number of nitrogens with zero attached hydrogens (tertiary/aromatic N) is 1. The Labute approximate surface area is 81.6 Å². The molecule has 0 amide bonds. The number of hydrogen-bond donors (Lipinski definition) is 1. The van der Waals surface area contributed by atoms with Crippen LogP contribution in [0.15, 0.2) is 5.51 Å². The molecule has 2 saturated carbocycles. The molecule has 1 heterocycles. The molecule has 70 valence electrons. The summed E-state index contributed by atoms with van der Waals surface area (Å²) in [5.74, 6) is 1.10. The molecule has 1 N–H and O–H groups in total. The Bertz CT molecular complexity index is 336. The van der Waals surface area contributed by atoms with Crippen molar-refractivity contribution < 1.29 is 5.11 Å². The van der Waals surface area contributed by atoms with Crippen molar-refractivity contribution in [3.63, 3.8) is 0 Å². The highest BCUT2D eigenvalue weighted by atomic mass is 32.1. The Hall–Kier alpha value is -0.410. The van der Waals surface area contributed by atoms with Crippen LogP contribution in [0.2, 0.25) is 0 Å². The van der Waals surface area contributed by atoms with E-state index in [2.05, 4.69) is 4.98 Å². The zero-order chi connectivity index (χ0) is 9.05. The number of rotatable bonds is 1. The van der Waals surface area contributed by atoms with Crippen LogP contribution < -0.4 is 0 Å². The third kappa shape index (κ3) is 0.842. The third-order valence-electron chi connectivity index (χ3n) is 3.65. The van der Waals surface area contributed by atoms with Crippen molar-refractivity contribution in [3.05, 3.63) is 16.1 Å². The van der Waals surface area contributed by atoms with Crippen molar-refractivity contribution in [2.24, 2.45) is 11.8 Å². The summed E-state index contributed by atoms with van der Waals surface area (Å²) >= 11 is 1.61. The van der Waals surface area contributed by atoms with Gasteiger partial charge in [0.1, 0.15) is 5.60 Å². The predicted octanol–water partition coefficient (Wildman–Crippen LogP) is 2.07. The second-order valence-corrected chi connectivity index (χ2v) is 5.09. The van der Waals surface area contributed by atoms with Gasteiger partial charge < -0.3 is 5.11 Å². The van der Waals surface area contributed by atoms with Crippen LogP contribution in [-0.4, -0.2) is 10.1 Å². The fraction of sp³-hybridized carbons (Fsp3) is 0.700. The maximum absolute atomic E-state index is 10.4. The average Bonchev–Trinajstić information content (AvgIpc) is 2.61. The van der Waals surface area contributed by atoms with Crippen molar-refractivity contribution in [2.75, 3.05) is 0 Å². The van der Waals surface area contributed by atoms with Gasteiger partial charge in [-0.1, -0.05) is 6.42 Å². The van der Waals surface area contributed by atoms with Crippen molar-refractivity contribution >= 4 is 11.3 Å². The van der Waals surface area contributed by atoms with Crippen LogP contribution in [0.3, 0.4) is 0 Å². The maximum Gasteiger partial charge on any atom is 0.107 e. The van der Waals surface area contributed by atoms with Gasteiger partial charge in [0.05, 0.1) is 16.1 Å². The zero-order valence-electron chi connectivity index (χ0n) is 7.66. The third-order valence-corrected chi connectivity index (χ3v) is 4.72. The van der Waals surface area contributed by atoms with E-state index >= 15 is 0 Å². The largest absolute Gasteiger partial charge is 0.384 e. The van der Waals surface area contributed by atoms with Gasteiger partial charge in [0.25, 0.3) is 0 Å². The lowest BCUT2D eigenvalue weighted by atomic mass is 10.1. The van der Waals surface area contributed by atoms with Crippen LogP contribution in [0.1, 0.15) is 29.8 Å². The van der Waals surface area contributed by atoms with E-state index in [-0.39, 0.29) is 0 Å². The Morgan fingerprint density at radius 2 is 2.23 bits per heavy atom. The molecular formula is C10H13NOS. The van der Waals surface area contributed by atoms with Gasteiger partial charge >= 0.3 is 0 Å². The molecule has 3 rings (SSSR count). The summed E-state index contributed by atoms with van der Waals surface area (Å²) in [4.78, 5) is 5.34. The lowest BCUT2D eigenvalue weighted by molar-refractivity contribution is 0.108. The summed E-state index contributed by atoms with van der Waals surface area (Å²) in [7, 11) is 0. The average molecular weight is 195 g/mol. The van der Waals surface area contributed by atoms with Gasteiger partial charge in [-0.15, -0.1) is 11.3 Å². The molecule has 1 aromatic rings.